The van der Waals surface area contributed by atoms with Gasteiger partial charge >= 0.3 is 0 Å². The van der Waals surface area contributed by atoms with Gasteiger partial charge in [-0.05, 0) is 30.9 Å². The molecule has 0 saturated heterocycles. The van der Waals surface area contributed by atoms with Gasteiger partial charge in [0.05, 0.1) is 19.8 Å². The SMILES string of the molecule is COc1ncnc(OC)c1CNCc1cc2c(s1)CCC2. The Morgan fingerprint density at radius 1 is 1.14 bits per heavy atom. The van der Waals surface area contributed by atoms with Crippen LogP contribution in [0.25, 0.3) is 0 Å². The molecule has 0 fully saturated rings. The van der Waals surface area contributed by atoms with Crippen molar-refractivity contribution in [1.82, 2.24) is 15.3 Å². The first-order chi connectivity index (χ1) is 10.3. The molecule has 1 N–H and O–H groups in total. The molecule has 0 saturated carbocycles. The van der Waals surface area contributed by atoms with E-state index in [1.165, 1.54) is 36.0 Å². The summed E-state index contributed by atoms with van der Waals surface area (Å²) in [6.07, 6.45) is 5.24. The van der Waals surface area contributed by atoms with E-state index < -0.39 is 0 Å². The molecule has 0 atom stereocenters. The summed E-state index contributed by atoms with van der Waals surface area (Å²) in [5.41, 5.74) is 2.39. The first kappa shape index (κ1) is 14.3. The number of aryl methyl sites for hydroxylation is 2. The fourth-order valence-corrected chi connectivity index (χ4v) is 3.90. The summed E-state index contributed by atoms with van der Waals surface area (Å²) in [6, 6.07) is 2.33. The van der Waals surface area contributed by atoms with Gasteiger partial charge in [-0.3, -0.25) is 0 Å². The Morgan fingerprint density at radius 3 is 2.57 bits per heavy atom. The number of methoxy groups -OCH3 is 2. The zero-order valence-electron chi connectivity index (χ0n) is 12.3. The lowest BCUT2D eigenvalue weighted by Gasteiger charge is -2.11. The Morgan fingerprint density at radius 2 is 1.90 bits per heavy atom. The van der Waals surface area contributed by atoms with Crippen molar-refractivity contribution in [3.05, 3.63) is 33.3 Å². The third-order valence-corrected chi connectivity index (χ3v) is 4.89. The molecule has 0 bridgehead atoms. The minimum Gasteiger partial charge on any atom is -0.481 e. The van der Waals surface area contributed by atoms with E-state index >= 15 is 0 Å². The van der Waals surface area contributed by atoms with Crippen molar-refractivity contribution in [3.8, 4) is 11.8 Å². The zero-order valence-corrected chi connectivity index (χ0v) is 13.1. The minimum absolute atomic E-state index is 0.558. The van der Waals surface area contributed by atoms with Gasteiger partial charge in [-0.1, -0.05) is 0 Å². The average molecular weight is 305 g/mol. The zero-order chi connectivity index (χ0) is 14.7. The van der Waals surface area contributed by atoms with Gasteiger partial charge in [-0.15, -0.1) is 11.3 Å². The lowest BCUT2D eigenvalue weighted by atomic mass is 10.2. The van der Waals surface area contributed by atoms with Crippen molar-refractivity contribution >= 4 is 11.3 Å². The largest absolute Gasteiger partial charge is 0.481 e. The number of ether oxygens (including phenoxy) is 2. The first-order valence-corrected chi connectivity index (χ1v) is 7.86. The highest BCUT2D eigenvalue weighted by Gasteiger charge is 2.15. The van der Waals surface area contributed by atoms with Crippen LogP contribution in [0, 0.1) is 0 Å². The van der Waals surface area contributed by atoms with Crippen molar-refractivity contribution in [2.45, 2.75) is 32.4 Å². The standard InChI is InChI=1S/C15H19N3O2S/c1-19-14-12(15(20-2)18-9-17-14)8-16-7-11-6-10-4-3-5-13(10)21-11/h6,9,16H,3-5,7-8H2,1-2H3. The molecule has 0 unspecified atom stereocenters. The predicted molar refractivity (Wildman–Crippen MR) is 82.0 cm³/mol. The normalized spacial score (nSPS) is 13.2. The first-order valence-electron chi connectivity index (χ1n) is 7.05. The summed E-state index contributed by atoms with van der Waals surface area (Å²) in [4.78, 5) is 11.2. The van der Waals surface area contributed by atoms with Gasteiger partial charge in [0.15, 0.2) is 0 Å². The van der Waals surface area contributed by atoms with Crippen molar-refractivity contribution < 1.29 is 9.47 Å². The number of aromatic nitrogens is 2. The number of nitrogens with one attached hydrogen (secondary N) is 1. The van der Waals surface area contributed by atoms with Gasteiger partial charge in [-0.25, -0.2) is 9.97 Å². The number of hydrogen-bond acceptors (Lipinski definition) is 6. The molecule has 5 nitrogen and oxygen atoms in total. The number of nitrogens with zero attached hydrogens (tertiary/aromatic N) is 2. The number of fused-ring (bicyclic) bond motifs is 1. The van der Waals surface area contributed by atoms with Crippen molar-refractivity contribution in [1.29, 1.82) is 0 Å². The highest BCUT2D eigenvalue weighted by atomic mass is 32.1. The maximum Gasteiger partial charge on any atom is 0.224 e. The molecule has 3 rings (SSSR count). The summed E-state index contributed by atoms with van der Waals surface area (Å²) in [7, 11) is 3.21. The number of rotatable bonds is 6. The number of hydrogen-bond donors (Lipinski definition) is 1. The van der Waals surface area contributed by atoms with Crippen LogP contribution in [0.15, 0.2) is 12.4 Å². The second kappa shape index (κ2) is 6.41. The Kier molecular flexibility index (Phi) is 4.36. The van der Waals surface area contributed by atoms with E-state index in [0.29, 0.717) is 18.3 Å². The van der Waals surface area contributed by atoms with Crippen LogP contribution in [0.5, 0.6) is 11.8 Å². The van der Waals surface area contributed by atoms with Gasteiger partial charge in [0.1, 0.15) is 6.33 Å². The van der Waals surface area contributed by atoms with Crippen molar-refractivity contribution in [2.24, 2.45) is 0 Å². The van der Waals surface area contributed by atoms with E-state index in [0.717, 1.165) is 12.1 Å². The van der Waals surface area contributed by atoms with Gasteiger partial charge < -0.3 is 14.8 Å². The second-order valence-corrected chi connectivity index (χ2v) is 6.21. The summed E-state index contributed by atoms with van der Waals surface area (Å²) in [5.74, 6) is 1.12. The van der Waals surface area contributed by atoms with Crippen LogP contribution in [0.2, 0.25) is 0 Å². The van der Waals surface area contributed by atoms with Crippen molar-refractivity contribution in [2.75, 3.05) is 14.2 Å². The van der Waals surface area contributed by atoms with Crippen molar-refractivity contribution in [3.63, 3.8) is 0 Å². The van der Waals surface area contributed by atoms with E-state index in [-0.39, 0.29) is 0 Å². The third-order valence-electron chi connectivity index (χ3n) is 3.65. The molecule has 0 aliphatic heterocycles. The molecule has 2 aromatic heterocycles. The molecule has 6 heteroatoms. The summed E-state index contributed by atoms with van der Waals surface area (Å²) < 4.78 is 10.5. The molecule has 112 valence electrons. The monoisotopic (exact) mass is 305 g/mol. The predicted octanol–water partition coefficient (Wildman–Crippen LogP) is 2.33. The second-order valence-electron chi connectivity index (χ2n) is 4.99. The maximum absolute atomic E-state index is 5.27. The third kappa shape index (κ3) is 3.01. The molecular weight excluding hydrogens is 286 g/mol. The van der Waals surface area contributed by atoms with Gasteiger partial charge in [0.25, 0.3) is 0 Å². The topological polar surface area (TPSA) is 56.3 Å². The molecule has 0 amide bonds. The minimum atomic E-state index is 0.558. The molecule has 0 spiro atoms. The summed E-state index contributed by atoms with van der Waals surface area (Å²) >= 11 is 1.92. The molecular formula is C15H19N3O2S. The smallest absolute Gasteiger partial charge is 0.224 e. The Labute approximate surface area is 128 Å². The Bertz CT molecular complexity index is 584. The van der Waals surface area contributed by atoms with E-state index in [4.69, 9.17) is 9.47 Å². The molecule has 0 radical (unpaired) electrons. The summed E-state index contributed by atoms with van der Waals surface area (Å²) in [6.45, 7) is 1.47. The van der Waals surface area contributed by atoms with Gasteiger partial charge in [0, 0.05) is 22.8 Å². The van der Waals surface area contributed by atoms with E-state index in [2.05, 4.69) is 21.4 Å². The molecule has 1 aliphatic rings. The summed E-state index contributed by atoms with van der Waals surface area (Å²) in [5, 5.41) is 3.43. The lowest BCUT2D eigenvalue weighted by molar-refractivity contribution is 0.359. The van der Waals surface area contributed by atoms with Crippen LogP contribution >= 0.6 is 11.3 Å². The number of thiophene rings is 1. The molecule has 2 aromatic rings. The Balaban J connectivity index is 1.64. The fraction of sp³-hybridized carbons (Fsp3) is 0.467. The lowest BCUT2D eigenvalue weighted by Crippen LogP contribution is -2.14. The average Bonchev–Trinajstić information content (AvgIpc) is 3.08. The van der Waals surface area contributed by atoms with E-state index in [9.17, 15) is 0 Å². The van der Waals surface area contributed by atoms with Gasteiger partial charge in [-0.2, -0.15) is 0 Å². The Hall–Kier alpha value is -1.66. The van der Waals surface area contributed by atoms with Crippen LogP contribution in [-0.4, -0.2) is 24.2 Å². The van der Waals surface area contributed by atoms with Gasteiger partial charge in [0.2, 0.25) is 11.8 Å². The molecule has 0 aromatic carbocycles. The van der Waals surface area contributed by atoms with Crippen LogP contribution in [0.3, 0.4) is 0 Å². The van der Waals surface area contributed by atoms with Crippen LogP contribution < -0.4 is 14.8 Å². The van der Waals surface area contributed by atoms with Crippen LogP contribution in [0.4, 0.5) is 0 Å². The van der Waals surface area contributed by atoms with Crippen LogP contribution in [0.1, 0.15) is 27.3 Å². The quantitative estimate of drug-likeness (QED) is 0.887. The highest BCUT2D eigenvalue weighted by Crippen LogP contribution is 2.30. The molecule has 1 aliphatic carbocycles. The van der Waals surface area contributed by atoms with E-state index in [1.54, 1.807) is 19.1 Å². The van der Waals surface area contributed by atoms with Crippen LogP contribution in [-0.2, 0) is 25.9 Å². The molecule has 21 heavy (non-hydrogen) atoms. The van der Waals surface area contributed by atoms with E-state index in [1.807, 2.05) is 11.3 Å². The highest BCUT2D eigenvalue weighted by molar-refractivity contribution is 7.12. The fourth-order valence-electron chi connectivity index (χ4n) is 2.67. The maximum atomic E-state index is 5.27. The molecule has 2 heterocycles.